The lowest BCUT2D eigenvalue weighted by molar-refractivity contribution is 0.635. The van der Waals surface area contributed by atoms with Crippen LogP contribution in [0.2, 0.25) is 0 Å². The molecule has 3 heterocycles. The van der Waals surface area contributed by atoms with E-state index in [0.717, 1.165) is 10.7 Å². The number of hydrogen-bond acceptors (Lipinski definition) is 4. The van der Waals surface area contributed by atoms with Gasteiger partial charge in [0.25, 0.3) is 0 Å². The van der Waals surface area contributed by atoms with Crippen LogP contribution in [0.15, 0.2) is 23.6 Å². The average Bonchev–Trinajstić information content (AvgIpc) is 3.08. The number of nitrogens with zero attached hydrogens (tertiary/aromatic N) is 2. The molecule has 6 heteroatoms. The Morgan fingerprint density at radius 1 is 1.40 bits per heavy atom. The van der Waals surface area contributed by atoms with Crippen LogP contribution in [0.3, 0.4) is 0 Å². The van der Waals surface area contributed by atoms with Crippen molar-refractivity contribution in [1.29, 1.82) is 0 Å². The third-order valence-electron chi connectivity index (χ3n) is 3.36. The second kappa shape index (κ2) is 5.27. The average molecular weight is 321 g/mol. The van der Waals surface area contributed by atoms with E-state index in [2.05, 4.69) is 53.0 Å². The van der Waals surface area contributed by atoms with Gasteiger partial charge in [-0.15, -0.1) is 22.7 Å². The summed E-state index contributed by atoms with van der Waals surface area (Å²) in [6, 6.07) is 6.54. The Morgan fingerprint density at radius 3 is 2.80 bits per heavy atom. The molecule has 1 atom stereocenters. The summed E-state index contributed by atoms with van der Waals surface area (Å²) in [6.07, 6.45) is 0. The standard InChI is InChI=1S/C14H15N3S3/c1-8-7-11(10(3)20-8)9(2)17-13(15-16-14(17)18)12-5-4-6-19-12/h4-7,9H,1-3H3,(H,16,18). The third kappa shape index (κ3) is 2.28. The number of hydrogen-bond donors (Lipinski definition) is 1. The van der Waals surface area contributed by atoms with Gasteiger partial charge in [-0.1, -0.05) is 6.07 Å². The quantitative estimate of drug-likeness (QED) is 0.692. The van der Waals surface area contributed by atoms with Crippen molar-refractivity contribution in [2.75, 3.05) is 0 Å². The van der Waals surface area contributed by atoms with Gasteiger partial charge in [0.05, 0.1) is 10.9 Å². The minimum absolute atomic E-state index is 0.184. The van der Waals surface area contributed by atoms with E-state index >= 15 is 0 Å². The van der Waals surface area contributed by atoms with Crippen molar-refractivity contribution in [3.63, 3.8) is 0 Å². The van der Waals surface area contributed by atoms with Gasteiger partial charge < -0.3 is 0 Å². The van der Waals surface area contributed by atoms with Gasteiger partial charge in [0.2, 0.25) is 0 Å². The van der Waals surface area contributed by atoms with Crippen molar-refractivity contribution >= 4 is 34.9 Å². The van der Waals surface area contributed by atoms with Crippen LogP contribution in [-0.2, 0) is 0 Å². The Labute approximate surface area is 130 Å². The van der Waals surface area contributed by atoms with Crippen LogP contribution in [0.1, 0.15) is 28.3 Å². The van der Waals surface area contributed by atoms with Crippen molar-refractivity contribution in [1.82, 2.24) is 14.8 Å². The van der Waals surface area contributed by atoms with Crippen molar-refractivity contribution in [2.24, 2.45) is 0 Å². The topological polar surface area (TPSA) is 33.6 Å². The van der Waals surface area contributed by atoms with Gasteiger partial charge in [-0.2, -0.15) is 5.10 Å². The normalized spacial score (nSPS) is 12.8. The molecule has 3 nitrogen and oxygen atoms in total. The molecule has 0 saturated carbocycles. The van der Waals surface area contributed by atoms with E-state index in [0.29, 0.717) is 4.77 Å². The molecule has 0 amide bonds. The van der Waals surface area contributed by atoms with E-state index in [4.69, 9.17) is 12.2 Å². The minimum Gasteiger partial charge on any atom is -0.292 e. The summed E-state index contributed by atoms with van der Waals surface area (Å²) in [5.41, 5.74) is 1.32. The van der Waals surface area contributed by atoms with E-state index in [1.54, 1.807) is 11.3 Å². The molecule has 1 unspecified atom stereocenters. The van der Waals surface area contributed by atoms with Crippen LogP contribution in [0.4, 0.5) is 0 Å². The number of H-pyrrole nitrogens is 1. The molecule has 0 aromatic carbocycles. The molecule has 0 aliphatic rings. The molecule has 0 spiro atoms. The predicted molar refractivity (Wildman–Crippen MR) is 88.3 cm³/mol. The molecular weight excluding hydrogens is 306 g/mol. The van der Waals surface area contributed by atoms with Crippen molar-refractivity contribution in [3.05, 3.63) is 43.7 Å². The number of nitrogens with one attached hydrogen (secondary N) is 1. The molecule has 0 saturated heterocycles. The second-order valence-electron chi connectivity index (χ2n) is 4.74. The zero-order valence-corrected chi connectivity index (χ0v) is 14.0. The molecular formula is C14H15N3S3. The van der Waals surface area contributed by atoms with Crippen molar-refractivity contribution in [2.45, 2.75) is 26.8 Å². The fourth-order valence-corrected chi connectivity index (χ4v) is 4.46. The number of rotatable bonds is 3. The third-order valence-corrected chi connectivity index (χ3v) is 5.50. The van der Waals surface area contributed by atoms with E-state index < -0.39 is 0 Å². The van der Waals surface area contributed by atoms with E-state index in [1.165, 1.54) is 15.3 Å². The predicted octanol–water partition coefficient (Wildman–Crippen LogP) is 4.96. The zero-order valence-electron chi connectivity index (χ0n) is 11.5. The monoisotopic (exact) mass is 321 g/mol. The summed E-state index contributed by atoms with van der Waals surface area (Å²) in [5, 5.41) is 9.39. The fraction of sp³-hybridized carbons (Fsp3) is 0.286. The highest BCUT2D eigenvalue weighted by molar-refractivity contribution is 7.71. The summed E-state index contributed by atoms with van der Waals surface area (Å²) >= 11 is 8.93. The van der Waals surface area contributed by atoms with Crippen molar-refractivity contribution < 1.29 is 0 Å². The lowest BCUT2D eigenvalue weighted by Gasteiger charge is -2.15. The van der Waals surface area contributed by atoms with Crippen LogP contribution in [0.25, 0.3) is 10.7 Å². The Bertz CT molecular complexity index is 777. The molecule has 1 N–H and O–H groups in total. The first-order valence-corrected chi connectivity index (χ1v) is 8.46. The van der Waals surface area contributed by atoms with Gasteiger partial charge in [-0.3, -0.25) is 9.67 Å². The van der Waals surface area contributed by atoms with Gasteiger partial charge in [-0.05, 0) is 56.1 Å². The van der Waals surface area contributed by atoms with Crippen LogP contribution >= 0.6 is 34.9 Å². The number of aryl methyl sites for hydroxylation is 2. The van der Waals surface area contributed by atoms with Gasteiger partial charge in [0, 0.05) is 9.75 Å². The molecule has 104 valence electrons. The Kier molecular flexibility index (Phi) is 3.62. The lowest BCUT2D eigenvalue weighted by atomic mass is 10.1. The Balaban J connectivity index is 2.13. The molecule has 0 radical (unpaired) electrons. The van der Waals surface area contributed by atoms with Gasteiger partial charge in [0.15, 0.2) is 10.6 Å². The maximum atomic E-state index is 5.43. The summed E-state index contributed by atoms with van der Waals surface area (Å²) in [5.74, 6) is 0.917. The van der Waals surface area contributed by atoms with Crippen molar-refractivity contribution in [3.8, 4) is 10.7 Å². The molecule has 3 rings (SSSR count). The molecule has 0 bridgehead atoms. The van der Waals surface area contributed by atoms with Gasteiger partial charge in [-0.25, -0.2) is 0 Å². The largest absolute Gasteiger partial charge is 0.292 e. The minimum atomic E-state index is 0.184. The van der Waals surface area contributed by atoms with Crippen LogP contribution < -0.4 is 0 Å². The second-order valence-corrected chi connectivity index (χ2v) is 7.54. The van der Waals surface area contributed by atoms with Gasteiger partial charge in [0.1, 0.15) is 0 Å². The lowest BCUT2D eigenvalue weighted by Crippen LogP contribution is -2.08. The van der Waals surface area contributed by atoms with E-state index in [9.17, 15) is 0 Å². The van der Waals surface area contributed by atoms with E-state index in [1.807, 2.05) is 17.4 Å². The first-order chi connectivity index (χ1) is 9.58. The van der Waals surface area contributed by atoms with Crippen LogP contribution in [0, 0.1) is 18.6 Å². The first kappa shape index (κ1) is 13.7. The van der Waals surface area contributed by atoms with Crippen LogP contribution in [0.5, 0.6) is 0 Å². The maximum absolute atomic E-state index is 5.43. The van der Waals surface area contributed by atoms with Gasteiger partial charge >= 0.3 is 0 Å². The maximum Gasteiger partial charge on any atom is 0.196 e. The summed E-state index contributed by atoms with van der Waals surface area (Å²) in [7, 11) is 0. The summed E-state index contributed by atoms with van der Waals surface area (Å²) < 4.78 is 2.78. The fourth-order valence-electron chi connectivity index (χ4n) is 2.45. The van der Waals surface area contributed by atoms with E-state index in [-0.39, 0.29) is 6.04 Å². The number of aromatic amines is 1. The zero-order chi connectivity index (χ0) is 14.3. The first-order valence-electron chi connectivity index (χ1n) is 6.35. The molecule has 0 aliphatic heterocycles. The molecule has 3 aromatic heterocycles. The Morgan fingerprint density at radius 2 is 2.20 bits per heavy atom. The Hall–Kier alpha value is -1.24. The highest BCUT2D eigenvalue weighted by Gasteiger charge is 2.19. The summed E-state index contributed by atoms with van der Waals surface area (Å²) in [6.45, 7) is 6.48. The smallest absolute Gasteiger partial charge is 0.196 e. The number of aromatic nitrogens is 3. The molecule has 20 heavy (non-hydrogen) atoms. The van der Waals surface area contributed by atoms with Crippen LogP contribution in [-0.4, -0.2) is 14.8 Å². The SMILES string of the molecule is Cc1cc(C(C)n2c(-c3cccs3)n[nH]c2=S)c(C)s1. The molecule has 0 fully saturated rings. The molecule has 0 aliphatic carbocycles. The highest BCUT2D eigenvalue weighted by atomic mass is 32.1. The number of thiophene rings is 2. The highest BCUT2D eigenvalue weighted by Crippen LogP contribution is 2.32. The molecule has 3 aromatic rings. The summed E-state index contributed by atoms with van der Waals surface area (Å²) in [4.78, 5) is 3.81.